The van der Waals surface area contributed by atoms with Crippen LogP contribution in [-0.4, -0.2) is 19.3 Å². The predicted molar refractivity (Wildman–Crippen MR) is 76.1 cm³/mol. The normalized spacial score (nSPS) is 11.2. The van der Waals surface area contributed by atoms with E-state index in [9.17, 15) is 4.39 Å². The smallest absolute Gasteiger partial charge is 0.128 e. The van der Waals surface area contributed by atoms with Crippen molar-refractivity contribution < 1.29 is 9.13 Å². The first kappa shape index (κ1) is 15.6. The fraction of sp³-hybridized carbons (Fsp3) is 0.571. The van der Waals surface area contributed by atoms with Crippen LogP contribution in [0.25, 0.3) is 0 Å². The molecule has 0 bridgehead atoms. The Bertz CT molecular complexity index is 358. The minimum absolute atomic E-state index is 0.167. The molecule has 1 rings (SSSR count). The SMILES string of the molecule is CC(C)OCCCCNCc1ccc(Br)cc1F. The van der Waals surface area contributed by atoms with Crippen molar-refractivity contribution in [3.8, 4) is 0 Å². The highest BCUT2D eigenvalue weighted by Crippen LogP contribution is 2.14. The maximum atomic E-state index is 13.5. The van der Waals surface area contributed by atoms with Crippen LogP contribution in [0.4, 0.5) is 4.39 Å². The van der Waals surface area contributed by atoms with Gasteiger partial charge in [0, 0.05) is 23.2 Å². The van der Waals surface area contributed by atoms with E-state index in [0.717, 1.165) is 30.5 Å². The monoisotopic (exact) mass is 317 g/mol. The van der Waals surface area contributed by atoms with Crippen LogP contribution in [0.3, 0.4) is 0 Å². The summed E-state index contributed by atoms with van der Waals surface area (Å²) in [5.74, 6) is -0.167. The maximum Gasteiger partial charge on any atom is 0.128 e. The zero-order valence-electron chi connectivity index (χ0n) is 11.0. The molecule has 4 heteroatoms. The molecular weight excluding hydrogens is 297 g/mol. The molecule has 0 unspecified atom stereocenters. The van der Waals surface area contributed by atoms with Crippen LogP contribution < -0.4 is 5.32 Å². The lowest BCUT2D eigenvalue weighted by Gasteiger charge is -2.08. The summed E-state index contributed by atoms with van der Waals surface area (Å²) in [6, 6.07) is 5.15. The Balaban J connectivity index is 2.11. The Morgan fingerprint density at radius 1 is 1.33 bits per heavy atom. The van der Waals surface area contributed by atoms with Crippen LogP contribution in [0, 0.1) is 5.82 Å². The van der Waals surface area contributed by atoms with Gasteiger partial charge in [0.1, 0.15) is 5.82 Å². The van der Waals surface area contributed by atoms with Crippen molar-refractivity contribution in [3.05, 3.63) is 34.1 Å². The maximum absolute atomic E-state index is 13.5. The molecule has 0 spiro atoms. The highest BCUT2D eigenvalue weighted by atomic mass is 79.9. The minimum Gasteiger partial charge on any atom is -0.379 e. The number of hydrogen-bond acceptors (Lipinski definition) is 2. The molecule has 0 fully saturated rings. The van der Waals surface area contributed by atoms with E-state index in [-0.39, 0.29) is 5.82 Å². The van der Waals surface area contributed by atoms with Gasteiger partial charge in [-0.25, -0.2) is 4.39 Å². The molecule has 0 radical (unpaired) electrons. The zero-order valence-corrected chi connectivity index (χ0v) is 12.6. The van der Waals surface area contributed by atoms with E-state index in [1.165, 1.54) is 6.07 Å². The molecule has 0 aliphatic carbocycles. The molecule has 0 aliphatic heterocycles. The highest BCUT2D eigenvalue weighted by Gasteiger charge is 2.01. The largest absolute Gasteiger partial charge is 0.379 e. The predicted octanol–water partition coefficient (Wildman–Crippen LogP) is 3.88. The summed E-state index contributed by atoms with van der Waals surface area (Å²) in [5, 5.41) is 3.24. The molecule has 1 aromatic carbocycles. The van der Waals surface area contributed by atoms with Gasteiger partial charge in [-0.15, -0.1) is 0 Å². The van der Waals surface area contributed by atoms with E-state index in [1.807, 2.05) is 19.9 Å². The van der Waals surface area contributed by atoms with E-state index in [1.54, 1.807) is 6.07 Å². The lowest BCUT2D eigenvalue weighted by Crippen LogP contribution is -2.16. The summed E-state index contributed by atoms with van der Waals surface area (Å²) in [7, 11) is 0. The van der Waals surface area contributed by atoms with Gasteiger partial charge in [-0.1, -0.05) is 22.0 Å². The number of ether oxygens (including phenoxy) is 1. The molecule has 1 aromatic rings. The summed E-state index contributed by atoms with van der Waals surface area (Å²) in [5.41, 5.74) is 0.705. The molecule has 102 valence electrons. The fourth-order valence-electron chi connectivity index (χ4n) is 1.56. The number of unbranched alkanes of at least 4 members (excludes halogenated alkanes) is 1. The zero-order chi connectivity index (χ0) is 13.4. The van der Waals surface area contributed by atoms with Gasteiger partial charge in [0.25, 0.3) is 0 Å². The molecule has 0 saturated carbocycles. The number of benzene rings is 1. The third-order valence-corrected chi connectivity index (χ3v) is 3.02. The van der Waals surface area contributed by atoms with Crippen LogP contribution in [0.1, 0.15) is 32.3 Å². The lowest BCUT2D eigenvalue weighted by atomic mass is 10.2. The summed E-state index contributed by atoms with van der Waals surface area (Å²) in [4.78, 5) is 0. The first-order chi connectivity index (χ1) is 8.59. The van der Waals surface area contributed by atoms with Crippen LogP contribution in [0.15, 0.2) is 22.7 Å². The summed E-state index contributed by atoms with van der Waals surface area (Å²) in [6.07, 6.45) is 2.38. The molecule has 0 aromatic heterocycles. The van der Waals surface area contributed by atoms with Gasteiger partial charge in [0.15, 0.2) is 0 Å². The molecule has 2 nitrogen and oxygen atoms in total. The number of rotatable bonds is 8. The van der Waals surface area contributed by atoms with Crippen LogP contribution in [-0.2, 0) is 11.3 Å². The molecule has 0 saturated heterocycles. The molecule has 0 heterocycles. The second-order valence-electron chi connectivity index (χ2n) is 4.54. The van der Waals surface area contributed by atoms with Crippen LogP contribution in [0.2, 0.25) is 0 Å². The topological polar surface area (TPSA) is 21.3 Å². The van der Waals surface area contributed by atoms with Gasteiger partial charge in [-0.3, -0.25) is 0 Å². The van der Waals surface area contributed by atoms with E-state index in [0.29, 0.717) is 18.2 Å². The van der Waals surface area contributed by atoms with E-state index in [4.69, 9.17) is 4.74 Å². The first-order valence-corrected chi connectivity index (χ1v) is 7.15. The number of nitrogens with one attached hydrogen (secondary N) is 1. The second-order valence-corrected chi connectivity index (χ2v) is 5.45. The van der Waals surface area contributed by atoms with E-state index >= 15 is 0 Å². The summed E-state index contributed by atoms with van der Waals surface area (Å²) in [6.45, 7) is 6.33. The fourth-order valence-corrected chi connectivity index (χ4v) is 1.89. The van der Waals surface area contributed by atoms with Crippen molar-refractivity contribution in [1.82, 2.24) is 5.32 Å². The van der Waals surface area contributed by atoms with Gasteiger partial charge in [0.05, 0.1) is 6.10 Å². The van der Waals surface area contributed by atoms with E-state index in [2.05, 4.69) is 21.2 Å². The molecule has 18 heavy (non-hydrogen) atoms. The standard InChI is InChI=1S/C14H21BrFNO/c1-11(2)18-8-4-3-7-17-10-12-5-6-13(15)9-14(12)16/h5-6,9,11,17H,3-4,7-8,10H2,1-2H3. The van der Waals surface area contributed by atoms with Crippen molar-refractivity contribution in [2.24, 2.45) is 0 Å². The van der Waals surface area contributed by atoms with Crippen LogP contribution in [0.5, 0.6) is 0 Å². The van der Waals surface area contributed by atoms with Crippen molar-refractivity contribution in [3.63, 3.8) is 0 Å². The Hall–Kier alpha value is -0.450. The summed E-state index contributed by atoms with van der Waals surface area (Å²) < 4.78 is 19.7. The Labute approximate surface area is 117 Å². The summed E-state index contributed by atoms with van der Waals surface area (Å²) >= 11 is 3.24. The minimum atomic E-state index is -0.167. The molecular formula is C14H21BrFNO. The van der Waals surface area contributed by atoms with Gasteiger partial charge in [-0.2, -0.15) is 0 Å². The van der Waals surface area contributed by atoms with Crippen molar-refractivity contribution in [2.75, 3.05) is 13.2 Å². The van der Waals surface area contributed by atoms with Gasteiger partial charge in [0.2, 0.25) is 0 Å². The highest BCUT2D eigenvalue weighted by molar-refractivity contribution is 9.10. The van der Waals surface area contributed by atoms with Crippen molar-refractivity contribution in [1.29, 1.82) is 0 Å². The van der Waals surface area contributed by atoms with Gasteiger partial charge >= 0.3 is 0 Å². The van der Waals surface area contributed by atoms with Crippen molar-refractivity contribution >= 4 is 15.9 Å². The second kappa shape index (κ2) is 8.62. The molecule has 0 atom stereocenters. The Kier molecular flexibility index (Phi) is 7.47. The first-order valence-electron chi connectivity index (χ1n) is 6.36. The Morgan fingerprint density at radius 2 is 2.11 bits per heavy atom. The van der Waals surface area contributed by atoms with E-state index < -0.39 is 0 Å². The Morgan fingerprint density at radius 3 is 2.78 bits per heavy atom. The third kappa shape index (κ3) is 6.47. The molecule has 1 N–H and O–H groups in total. The van der Waals surface area contributed by atoms with Gasteiger partial charge < -0.3 is 10.1 Å². The van der Waals surface area contributed by atoms with Crippen LogP contribution >= 0.6 is 15.9 Å². The number of halogens is 2. The quantitative estimate of drug-likeness (QED) is 0.735. The van der Waals surface area contributed by atoms with Gasteiger partial charge in [-0.05, 0) is 45.4 Å². The third-order valence-electron chi connectivity index (χ3n) is 2.53. The molecule has 0 aliphatic rings. The average Bonchev–Trinajstić information content (AvgIpc) is 2.30. The lowest BCUT2D eigenvalue weighted by molar-refractivity contribution is 0.0760. The number of hydrogen-bond donors (Lipinski definition) is 1. The molecule has 0 amide bonds. The average molecular weight is 318 g/mol. The van der Waals surface area contributed by atoms with Crippen molar-refractivity contribution in [2.45, 2.75) is 39.3 Å².